The van der Waals surface area contributed by atoms with Crippen LogP contribution in [-0.2, 0) is 4.87 Å². The summed E-state index contributed by atoms with van der Waals surface area (Å²) in [5.74, 6) is 0.516. The van der Waals surface area contributed by atoms with Crippen molar-refractivity contribution in [3.8, 4) is 0 Å². The molecule has 0 aliphatic carbocycles. The second-order valence-corrected chi connectivity index (χ2v) is 6.68. The minimum atomic E-state index is -0.231. The zero-order chi connectivity index (χ0) is 14.1. The van der Waals surface area contributed by atoms with Gasteiger partial charge in [-0.2, -0.15) is 0 Å². The first-order valence-electron chi connectivity index (χ1n) is 7.83. The normalized spacial score (nSPS) is 16.0. The van der Waals surface area contributed by atoms with Gasteiger partial charge in [-0.15, -0.1) is 11.6 Å². The lowest BCUT2D eigenvalue weighted by Gasteiger charge is -2.30. The molecule has 1 rings (SSSR count). The van der Waals surface area contributed by atoms with E-state index >= 15 is 0 Å². The third-order valence-electron chi connectivity index (χ3n) is 4.25. The summed E-state index contributed by atoms with van der Waals surface area (Å²) in [5, 5.41) is 0. The van der Waals surface area contributed by atoms with Gasteiger partial charge >= 0.3 is 0 Å². The van der Waals surface area contributed by atoms with Crippen LogP contribution in [0, 0.1) is 5.92 Å². The molecule has 19 heavy (non-hydrogen) atoms. The van der Waals surface area contributed by atoms with E-state index in [1.807, 2.05) is 0 Å². The topological polar surface area (TPSA) is 0 Å². The fourth-order valence-electron chi connectivity index (χ4n) is 2.55. The van der Waals surface area contributed by atoms with Gasteiger partial charge in [0.15, 0.2) is 0 Å². The molecule has 0 saturated heterocycles. The fraction of sp³-hybridized carbons (Fsp3) is 0.667. The third kappa shape index (κ3) is 5.57. The maximum atomic E-state index is 6.77. The van der Waals surface area contributed by atoms with Crippen LogP contribution < -0.4 is 0 Å². The lowest BCUT2D eigenvalue weighted by molar-refractivity contribution is 0.387. The summed E-state index contributed by atoms with van der Waals surface area (Å²) < 4.78 is 0. The average molecular weight is 281 g/mol. The maximum absolute atomic E-state index is 6.77. The average Bonchev–Trinajstić information content (AvgIpc) is 2.43. The molecule has 2 atom stereocenters. The number of alkyl halides is 1. The summed E-state index contributed by atoms with van der Waals surface area (Å²) in [6, 6.07) is 10.5. The van der Waals surface area contributed by atoms with Crippen molar-refractivity contribution in [2.75, 3.05) is 0 Å². The van der Waals surface area contributed by atoms with Gasteiger partial charge in [-0.25, -0.2) is 0 Å². The molecular formula is C18H29Cl. The van der Waals surface area contributed by atoms with Gasteiger partial charge in [0.05, 0.1) is 4.87 Å². The van der Waals surface area contributed by atoms with Crippen LogP contribution in [-0.4, -0.2) is 0 Å². The molecule has 0 radical (unpaired) electrons. The smallest absolute Gasteiger partial charge is 0.0692 e. The molecule has 1 aromatic rings. The SMILES string of the molecule is CCCCCCCCC(C)C(C)(Cl)c1ccccc1. The van der Waals surface area contributed by atoms with E-state index < -0.39 is 0 Å². The number of hydrogen-bond donors (Lipinski definition) is 0. The summed E-state index contributed by atoms with van der Waals surface area (Å²) in [5.41, 5.74) is 1.25. The lowest BCUT2D eigenvalue weighted by atomic mass is 9.84. The Hall–Kier alpha value is -0.490. The highest BCUT2D eigenvalue weighted by Gasteiger charge is 2.29. The second-order valence-electron chi connectivity index (χ2n) is 5.90. The van der Waals surface area contributed by atoms with Gasteiger partial charge in [-0.3, -0.25) is 0 Å². The van der Waals surface area contributed by atoms with Crippen LogP contribution in [0.15, 0.2) is 30.3 Å². The van der Waals surface area contributed by atoms with Crippen molar-refractivity contribution in [1.29, 1.82) is 0 Å². The standard InChI is InChI=1S/C18H29Cl/c1-4-5-6-7-8-10-13-16(2)18(3,19)17-14-11-9-12-15-17/h9,11-12,14-16H,4-8,10,13H2,1-3H3. The van der Waals surface area contributed by atoms with Gasteiger partial charge in [0, 0.05) is 0 Å². The highest BCUT2D eigenvalue weighted by atomic mass is 35.5. The highest BCUT2D eigenvalue weighted by molar-refractivity contribution is 6.23. The van der Waals surface area contributed by atoms with E-state index in [2.05, 4.69) is 51.1 Å². The Morgan fingerprint density at radius 2 is 1.58 bits per heavy atom. The van der Waals surface area contributed by atoms with Gasteiger partial charge in [0.1, 0.15) is 0 Å². The fourth-order valence-corrected chi connectivity index (χ4v) is 2.79. The predicted molar refractivity (Wildman–Crippen MR) is 86.8 cm³/mol. The van der Waals surface area contributed by atoms with Crippen LogP contribution in [0.25, 0.3) is 0 Å². The minimum absolute atomic E-state index is 0.231. The third-order valence-corrected chi connectivity index (χ3v) is 4.85. The van der Waals surface area contributed by atoms with E-state index in [1.165, 1.54) is 50.5 Å². The molecule has 0 heterocycles. The molecule has 0 bridgehead atoms. The first-order chi connectivity index (χ1) is 9.09. The van der Waals surface area contributed by atoms with Gasteiger partial charge < -0.3 is 0 Å². The molecule has 0 aliphatic heterocycles. The van der Waals surface area contributed by atoms with Crippen molar-refractivity contribution < 1.29 is 0 Å². The molecule has 0 N–H and O–H groups in total. The number of rotatable bonds is 9. The van der Waals surface area contributed by atoms with E-state index in [0.29, 0.717) is 5.92 Å². The number of benzene rings is 1. The van der Waals surface area contributed by atoms with Crippen LogP contribution in [0.3, 0.4) is 0 Å². The summed E-state index contributed by atoms with van der Waals surface area (Å²) in [6.07, 6.45) is 9.36. The van der Waals surface area contributed by atoms with Gasteiger partial charge in [0.25, 0.3) is 0 Å². The molecule has 0 saturated carbocycles. The van der Waals surface area contributed by atoms with Crippen LogP contribution in [0.2, 0.25) is 0 Å². The van der Waals surface area contributed by atoms with Gasteiger partial charge in [0.2, 0.25) is 0 Å². The van der Waals surface area contributed by atoms with E-state index in [1.54, 1.807) is 0 Å². The Labute approximate surface area is 124 Å². The van der Waals surface area contributed by atoms with Crippen LogP contribution in [0.5, 0.6) is 0 Å². The molecule has 1 aromatic carbocycles. The van der Waals surface area contributed by atoms with Crippen molar-refractivity contribution in [2.45, 2.75) is 70.6 Å². The Morgan fingerprint density at radius 1 is 1.00 bits per heavy atom. The number of halogens is 1. The second kappa shape index (κ2) is 8.64. The number of hydrogen-bond acceptors (Lipinski definition) is 0. The summed E-state index contributed by atoms with van der Waals surface area (Å²) in [6.45, 7) is 6.71. The molecule has 0 fully saturated rings. The van der Waals surface area contributed by atoms with Gasteiger partial charge in [-0.1, -0.05) is 82.7 Å². The van der Waals surface area contributed by atoms with E-state index in [-0.39, 0.29) is 4.87 Å². The number of unbranched alkanes of at least 4 members (excludes halogenated alkanes) is 5. The summed E-state index contributed by atoms with van der Waals surface area (Å²) in [7, 11) is 0. The first kappa shape index (κ1) is 16.6. The molecular weight excluding hydrogens is 252 g/mol. The Balaban J connectivity index is 2.34. The molecule has 2 unspecified atom stereocenters. The lowest BCUT2D eigenvalue weighted by Crippen LogP contribution is -2.23. The predicted octanol–water partition coefficient (Wildman–Crippen LogP) is 6.53. The molecule has 0 nitrogen and oxygen atoms in total. The highest BCUT2D eigenvalue weighted by Crippen LogP contribution is 2.38. The molecule has 1 heteroatoms. The monoisotopic (exact) mass is 280 g/mol. The van der Waals surface area contributed by atoms with Crippen molar-refractivity contribution in [1.82, 2.24) is 0 Å². The van der Waals surface area contributed by atoms with Crippen molar-refractivity contribution in [3.63, 3.8) is 0 Å². The first-order valence-corrected chi connectivity index (χ1v) is 8.21. The van der Waals surface area contributed by atoms with Crippen LogP contribution in [0.1, 0.15) is 71.3 Å². The summed E-state index contributed by atoms with van der Waals surface area (Å²) >= 11 is 6.77. The largest absolute Gasteiger partial charge is 0.114 e. The molecule has 0 aliphatic rings. The Morgan fingerprint density at radius 3 is 2.21 bits per heavy atom. The minimum Gasteiger partial charge on any atom is -0.114 e. The van der Waals surface area contributed by atoms with Crippen molar-refractivity contribution in [3.05, 3.63) is 35.9 Å². The van der Waals surface area contributed by atoms with E-state index in [9.17, 15) is 0 Å². The summed E-state index contributed by atoms with van der Waals surface area (Å²) in [4.78, 5) is -0.231. The van der Waals surface area contributed by atoms with Crippen LogP contribution in [0.4, 0.5) is 0 Å². The quantitative estimate of drug-likeness (QED) is 0.356. The molecule has 0 amide bonds. The molecule has 0 spiro atoms. The van der Waals surface area contributed by atoms with Crippen molar-refractivity contribution >= 4 is 11.6 Å². The zero-order valence-corrected chi connectivity index (χ0v) is 13.5. The Bertz CT molecular complexity index is 329. The van der Waals surface area contributed by atoms with E-state index in [4.69, 9.17) is 11.6 Å². The zero-order valence-electron chi connectivity index (χ0n) is 12.8. The molecule has 0 aromatic heterocycles. The Kier molecular flexibility index (Phi) is 7.53. The van der Waals surface area contributed by atoms with Crippen LogP contribution >= 0.6 is 11.6 Å². The van der Waals surface area contributed by atoms with E-state index in [0.717, 1.165) is 0 Å². The van der Waals surface area contributed by atoms with Gasteiger partial charge in [-0.05, 0) is 24.8 Å². The molecule has 108 valence electrons. The van der Waals surface area contributed by atoms with Crippen molar-refractivity contribution in [2.24, 2.45) is 5.92 Å². The maximum Gasteiger partial charge on any atom is 0.0692 e.